The van der Waals surface area contributed by atoms with Crippen molar-refractivity contribution in [2.75, 3.05) is 0 Å². The maximum Gasteiger partial charge on any atom is 3.00 e. The largest absolute Gasteiger partial charge is 3.00 e. The van der Waals surface area contributed by atoms with Gasteiger partial charge in [0.25, 0.3) is 0 Å². The van der Waals surface area contributed by atoms with Gasteiger partial charge in [-0.1, -0.05) is 35.3 Å². The number of hydrogen-bond donors (Lipinski definition) is 6. The van der Waals surface area contributed by atoms with Crippen LogP contribution in [0.25, 0.3) is 0 Å². The summed E-state index contributed by atoms with van der Waals surface area (Å²) < 4.78 is 0. The fourth-order valence-corrected chi connectivity index (χ4v) is 2.10. The molecule has 0 heterocycles. The Morgan fingerprint density at radius 1 is 0.371 bits per heavy atom. The van der Waals surface area contributed by atoms with Gasteiger partial charge in [0.05, 0.1) is 35.8 Å². The van der Waals surface area contributed by atoms with Crippen LogP contribution in [0.2, 0.25) is 0 Å². The molecule has 0 aromatic carbocycles. The Morgan fingerprint density at radius 3 is 0.514 bits per heavy atom. The molecule has 6 N–H and O–H groups in total. The molecule has 6 unspecified atom stereocenters. The SMILES string of the molecule is O=C([O-])C(O)SC(O)C(=O)[O-].O=C([O-])C(O)SC(O)C(=O)[O-].O=C([O-])C(O)SC(O)C(=O)[O-].[Sb+3].[Sb+3]. The number of carbonyl (C=O) groups is 6. The molecule has 6 atom stereocenters. The topological polar surface area (TPSA) is 362 Å². The molecular weight excluding hydrogens is 772 g/mol. The van der Waals surface area contributed by atoms with Crippen molar-refractivity contribution >= 4 is 120 Å². The van der Waals surface area contributed by atoms with Gasteiger partial charge < -0.3 is 90.0 Å². The van der Waals surface area contributed by atoms with Crippen molar-refractivity contribution in [2.45, 2.75) is 32.6 Å². The number of aliphatic hydroxyl groups excluding tert-OH is 6. The fourth-order valence-electron chi connectivity index (χ4n) is 0.700. The molecular formula is C12H12O18S3Sb2. The molecule has 0 saturated carbocycles. The van der Waals surface area contributed by atoms with E-state index in [1.54, 1.807) is 0 Å². The summed E-state index contributed by atoms with van der Waals surface area (Å²) in [4.78, 5) is 58.5. The van der Waals surface area contributed by atoms with Gasteiger partial charge in [-0.25, -0.2) is 0 Å². The van der Waals surface area contributed by atoms with E-state index in [9.17, 15) is 59.4 Å². The second-order valence-corrected chi connectivity index (χ2v) is 7.93. The van der Waals surface area contributed by atoms with Gasteiger partial charge in [0.1, 0.15) is 32.6 Å². The van der Waals surface area contributed by atoms with E-state index in [4.69, 9.17) is 30.6 Å². The predicted octanol–water partition coefficient (Wildman–Crippen LogP) is -13.2. The number of carbonyl (C=O) groups excluding carboxylic acids is 6. The van der Waals surface area contributed by atoms with Gasteiger partial charge in [0, 0.05) is 0 Å². The average Bonchev–Trinajstić information content (AvgIpc) is 2.67. The Hall–Kier alpha value is -0.734. The van der Waals surface area contributed by atoms with Crippen LogP contribution < -0.4 is 30.6 Å². The summed E-state index contributed by atoms with van der Waals surface area (Å²) in [6, 6.07) is 0. The number of carboxylic acids is 6. The molecule has 0 fully saturated rings. The molecule has 0 aliphatic carbocycles. The summed E-state index contributed by atoms with van der Waals surface area (Å²) >= 11 is -0.292. The van der Waals surface area contributed by atoms with Crippen LogP contribution in [0.4, 0.5) is 0 Å². The van der Waals surface area contributed by atoms with Crippen LogP contribution >= 0.6 is 35.3 Å². The summed E-state index contributed by atoms with van der Waals surface area (Å²) in [6.07, 6.45) is 0. The van der Waals surface area contributed by atoms with Crippen molar-refractivity contribution in [3.8, 4) is 0 Å². The summed E-state index contributed by atoms with van der Waals surface area (Å²) in [5.74, 6) is -11.2. The Morgan fingerprint density at radius 2 is 0.457 bits per heavy atom. The first-order valence-electron chi connectivity index (χ1n) is 7.14. The Balaban J connectivity index is -0.000000125. The molecule has 0 aromatic heterocycles. The molecule has 0 amide bonds. The molecule has 196 valence electrons. The fraction of sp³-hybridized carbons (Fsp3) is 0.500. The molecule has 18 nitrogen and oxygen atoms in total. The van der Waals surface area contributed by atoms with E-state index in [2.05, 4.69) is 0 Å². The van der Waals surface area contributed by atoms with Gasteiger partial charge >= 0.3 is 48.9 Å². The Labute approximate surface area is 241 Å². The first-order chi connectivity index (χ1) is 14.8. The van der Waals surface area contributed by atoms with Crippen LogP contribution in [-0.4, -0.2) is 148 Å². The second kappa shape index (κ2) is 23.7. The zero-order valence-electron chi connectivity index (χ0n) is 16.2. The van der Waals surface area contributed by atoms with Crippen LogP contribution in [0.3, 0.4) is 0 Å². The molecule has 0 aromatic rings. The van der Waals surface area contributed by atoms with Gasteiger partial charge in [0.2, 0.25) is 0 Å². The Bertz CT molecular complexity index is 551. The minimum atomic E-state index is -2.07. The molecule has 35 heavy (non-hydrogen) atoms. The summed E-state index contributed by atoms with van der Waals surface area (Å²) in [7, 11) is 0. The van der Waals surface area contributed by atoms with Crippen molar-refractivity contribution in [3.63, 3.8) is 0 Å². The van der Waals surface area contributed by atoms with E-state index in [1.165, 1.54) is 0 Å². The zero-order valence-corrected chi connectivity index (χ0v) is 23.7. The maximum absolute atomic E-state index is 9.75. The predicted molar refractivity (Wildman–Crippen MR) is 100 cm³/mol. The maximum atomic E-state index is 9.75. The molecule has 0 aliphatic rings. The van der Waals surface area contributed by atoms with E-state index in [1.807, 2.05) is 0 Å². The third-order valence-electron chi connectivity index (χ3n) is 1.98. The van der Waals surface area contributed by atoms with E-state index < -0.39 is 68.4 Å². The van der Waals surface area contributed by atoms with Crippen LogP contribution in [0, 0.1) is 0 Å². The average molecular weight is 784 g/mol. The van der Waals surface area contributed by atoms with Crippen molar-refractivity contribution in [1.29, 1.82) is 0 Å². The number of aliphatic hydroxyl groups is 6. The molecule has 4 radical (unpaired) electrons. The van der Waals surface area contributed by atoms with Crippen LogP contribution in [0.1, 0.15) is 0 Å². The summed E-state index contributed by atoms with van der Waals surface area (Å²) in [6.45, 7) is 0. The molecule has 0 spiro atoms. The third-order valence-corrected chi connectivity index (χ3v) is 4.68. The van der Waals surface area contributed by atoms with E-state index in [0.717, 1.165) is 0 Å². The van der Waals surface area contributed by atoms with Crippen LogP contribution in [0.5, 0.6) is 0 Å². The minimum Gasteiger partial charge on any atom is -0.546 e. The quantitative estimate of drug-likeness (QED) is 0.0790. The molecule has 0 rings (SSSR count). The first-order valence-corrected chi connectivity index (χ1v) is 9.97. The molecule has 0 saturated heterocycles. The monoisotopic (exact) mass is 782 g/mol. The number of thioether (sulfide) groups is 3. The van der Waals surface area contributed by atoms with Crippen molar-refractivity contribution in [1.82, 2.24) is 0 Å². The Kier molecular flexibility index (Phi) is 29.9. The standard InChI is InChI=1S/3C4H6O6S.2Sb/c3*5-1(6)3(9)11-4(10)2(7)8;;/h3*3-4,9-10H,(H,5,6)(H,7,8);;/q;;;2*+3/p-6. The number of carboxylic acid groups (broad SMARTS) is 6. The number of rotatable bonds is 12. The number of hydrogen-bond acceptors (Lipinski definition) is 21. The number of aliphatic carboxylic acids is 6. The van der Waals surface area contributed by atoms with Gasteiger partial charge in [-0.3, -0.25) is 0 Å². The van der Waals surface area contributed by atoms with Crippen molar-refractivity contribution < 1.29 is 90.0 Å². The molecule has 23 heteroatoms. The smallest absolute Gasteiger partial charge is 0.546 e. The normalized spacial score (nSPS) is 14.6. The van der Waals surface area contributed by atoms with E-state index >= 15 is 0 Å². The minimum absolute atomic E-state index is 0. The first kappa shape index (κ1) is 44.3. The second-order valence-electron chi connectivity index (χ2n) is 4.44. The molecule has 0 aliphatic heterocycles. The van der Waals surface area contributed by atoms with E-state index in [-0.39, 0.29) is 84.1 Å². The van der Waals surface area contributed by atoms with Crippen molar-refractivity contribution in [2.24, 2.45) is 0 Å². The van der Waals surface area contributed by atoms with Crippen LogP contribution in [0.15, 0.2) is 0 Å². The van der Waals surface area contributed by atoms with Crippen LogP contribution in [-0.2, 0) is 28.8 Å². The summed E-state index contributed by atoms with van der Waals surface area (Å²) in [5.41, 5.74) is -12.4. The third kappa shape index (κ3) is 26.1. The zero-order chi connectivity index (χ0) is 27.0. The van der Waals surface area contributed by atoms with Gasteiger partial charge in [-0.05, 0) is 0 Å². The molecule has 0 bridgehead atoms. The van der Waals surface area contributed by atoms with Crippen molar-refractivity contribution in [3.05, 3.63) is 0 Å². The van der Waals surface area contributed by atoms with Gasteiger partial charge in [-0.2, -0.15) is 0 Å². The van der Waals surface area contributed by atoms with Gasteiger partial charge in [-0.15, -0.1) is 0 Å². The summed E-state index contributed by atoms with van der Waals surface area (Å²) in [5, 5.41) is 109. The van der Waals surface area contributed by atoms with Gasteiger partial charge in [0.15, 0.2) is 0 Å². The van der Waals surface area contributed by atoms with E-state index in [0.29, 0.717) is 0 Å².